The van der Waals surface area contributed by atoms with Crippen LogP contribution in [0.3, 0.4) is 0 Å². The fourth-order valence-electron chi connectivity index (χ4n) is 2.11. The summed E-state index contributed by atoms with van der Waals surface area (Å²) in [5, 5.41) is 6.19. The summed E-state index contributed by atoms with van der Waals surface area (Å²) in [6, 6.07) is 17.0. The molecule has 7 heteroatoms. The average molecular weight is 473 g/mol. The van der Waals surface area contributed by atoms with E-state index in [9.17, 15) is 4.79 Å². The first-order chi connectivity index (χ1) is 11.7. The van der Waals surface area contributed by atoms with Crippen molar-refractivity contribution in [2.24, 2.45) is 10.7 Å². The van der Waals surface area contributed by atoms with Gasteiger partial charge in [-0.25, -0.2) is 0 Å². The number of carbonyl (C=O) groups is 1. The van der Waals surface area contributed by atoms with Crippen molar-refractivity contribution < 1.29 is 4.79 Å². The van der Waals surface area contributed by atoms with E-state index in [0.29, 0.717) is 36.2 Å². The van der Waals surface area contributed by atoms with Crippen LogP contribution in [0.4, 0.5) is 0 Å². The molecule has 0 spiro atoms. The Bertz CT molecular complexity index is 694. The zero-order valence-corrected chi connectivity index (χ0v) is 16.8. The molecule has 0 aliphatic heterocycles. The molecule has 0 aliphatic rings. The molecule has 0 aromatic heterocycles. The number of halogens is 2. The van der Waals surface area contributed by atoms with Crippen LogP contribution < -0.4 is 16.4 Å². The highest BCUT2D eigenvalue weighted by molar-refractivity contribution is 14.0. The smallest absolute Gasteiger partial charge is 0.252 e. The number of rotatable bonds is 7. The Labute approximate surface area is 170 Å². The lowest BCUT2D eigenvalue weighted by molar-refractivity contribution is 0.0954. The van der Waals surface area contributed by atoms with E-state index in [0.717, 1.165) is 6.42 Å². The van der Waals surface area contributed by atoms with Crippen molar-refractivity contribution in [1.29, 1.82) is 0 Å². The molecule has 0 bridgehead atoms. The summed E-state index contributed by atoms with van der Waals surface area (Å²) in [4.78, 5) is 16.2. The molecule has 2 rings (SSSR count). The Kier molecular flexibility index (Phi) is 9.94. The lowest BCUT2D eigenvalue weighted by Gasteiger charge is -2.08. The van der Waals surface area contributed by atoms with Crippen LogP contribution in [0.2, 0.25) is 5.02 Å². The molecule has 134 valence electrons. The highest BCUT2D eigenvalue weighted by Gasteiger charge is 2.08. The minimum atomic E-state index is -0.206. The molecule has 5 nitrogen and oxygen atoms in total. The lowest BCUT2D eigenvalue weighted by atomic mass is 10.2. The highest BCUT2D eigenvalue weighted by Crippen LogP contribution is 2.14. The van der Waals surface area contributed by atoms with Crippen LogP contribution in [0, 0.1) is 0 Å². The number of nitrogens with one attached hydrogen (secondary N) is 2. The summed E-state index contributed by atoms with van der Waals surface area (Å²) >= 11 is 5.97. The minimum absolute atomic E-state index is 0. The molecule has 25 heavy (non-hydrogen) atoms. The summed E-state index contributed by atoms with van der Waals surface area (Å²) in [6.07, 6.45) is 0.840. The van der Waals surface area contributed by atoms with Crippen LogP contribution in [0.5, 0.6) is 0 Å². The van der Waals surface area contributed by atoms with Gasteiger partial charge in [-0.2, -0.15) is 0 Å². The SMILES string of the molecule is I.NC(=NCCc1ccccc1)NCCNC(=O)c1ccccc1Cl. The summed E-state index contributed by atoms with van der Waals surface area (Å²) in [5.41, 5.74) is 7.48. The molecule has 4 N–H and O–H groups in total. The fraction of sp³-hybridized carbons (Fsp3) is 0.222. The number of hydrogen-bond donors (Lipinski definition) is 3. The van der Waals surface area contributed by atoms with E-state index in [1.54, 1.807) is 24.3 Å². The Hall–Kier alpha value is -1.80. The van der Waals surface area contributed by atoms with Gasteiger partial charge in [0.15, 0.2) is 5.96 Å². The minimum Gasteiger partial charge on any atom is -0.370 e. The molecular formula is C18H22ClIN4O. The van der Waals surface area contributed by atoms with Gasteiger partial charge in [0, 0.05) is 19.6 Å². The Balaban J connectivity index is 0.00000312. The lowest BCUT2D eigenvalue weighted by Crippen LogP contribution is -2.38. The van der Waals surface area contributed by atoms with Gasteiger partial charge < -0.3 is 16.4 Å². The normalized spacial score (nSPS) is 10.7. The van der Waals surface area contributed by atoms with E-state index in [1.807, 2.05) is 18.2 Å². The van der Waals surface area contributed by atoms with Crippen LogP contribution in [-0.2, 0) is 6.42 Å². The van der Waals surface area contributed by atoms with E-state index < -0.39 is 0 Å². The molecule has 0 fully saturated rings. The van der Waals surface area contributed by atoms with Gasteiger partial charge in [0.2, 0.25) is 0 Å². The number of nitrogens with zero attached hydrogens (tertiary/aromatic N) is 1. The molecule has 0 aliphatic carbocycles. The van der Waals surface area contributed by atoms with E-state index in [4.69, 9.17) is 17.3 Å². The monoisotopic (exact) mass is 472 g/mol. The van der Waals surface area contributed by atoms with Gasteiger partial charge in [-0.05, 0) is 24.1 Å². The first-order valence-corrected chi connectivity index (χ1v) is 8.15. The van der Waals surface area contributed by atoms with Crippen molar-refractivity contribution in [3.05, 3.63) is 70.7 Å². The maximum absolute atomic E-state index is 12.0. The average Bonchev–Trinajstić information content (AvgIpc) is 2.60. The van der Waals surface area contributed by atoms with Crippen molar-refractivity contribution in [3.63, 3.8) is 0 Å². The number of amides is 1. The predicted octanol–water partition coefficient (Wildman–Crippen LogP) is 2.83. The zero-order valence-electron chi connectivity index (χ0n) is 13.7. The molecule has 0 radical (unpaired) electrons. The Morgan fingerprint density at radius 2 is 1.64 bits per heavy atom. The Morgan fingerprint density at radius 3 is 2.36 bits per heavy atom. The molecular weight excluding hydrogens is 451 g/mol. The van der Waals surface area contributed by atoms with Crippen molar-refractivity contribution in [2.45, 2.75) is 6.42 Å². The number of benzene rings is 2. The van der Waals surface area contributed by atoms with Gasteiger partial charge >= 0.3 is 0 Å². The van der Waals surface area contributed by atoms with E-state index in [2.05, 4.69) is 27.8 Å². The quantitative estimate of drug-likeness (QED) is 0.251. The Morgan fingerprint density at radius 1 is 1.00 bits per heavy atom. The highest BCUT2D eigenvalue weighted by atomic mass is 127. The first-order valence-electron chi connectivity index (χ1n) is 7.77. The third-order valence-corrected chi connectivity index (χ3v) is 3.69. The van der Waals surface area contributed by atoms with Crippen molar-refractivity contribution in [1.82, 2.24) is 10.6 Å². The number of hydrogen-bond acceptors (Lipinski definition) is 2. The maximum atomic E-state index is 12.0. The van der Waals surface area contributed by atoms with E-state index in [-0.39, 0.29) is 29.9 Å². The van der Waals surface area contributed by atoms with Gasteiger partial charge in [0.25, 0.3) is 5.91 Å². The molecule has 1 amide bonds. The van der Waals surface area contributed by atoms with Crippen molar-refractivity contribution in [3.8, 4) is 0 Å². The molecule has 2 aromatic carbocycles. The largest absolute Gasteiger partial charge is 0.370 e. The summed E-state index contributed by atoms with van der Waals surface area (Å²) in [7, 11) is 0. The van der Waals surface area contributed by atoms with Gasteiger partial charge in [-0.1, -0.05) is 54.1 Å². The molecule has 0 saturated heterocycles. The van der Waals surface area contributed by atoms with E-state index in [1.165, 1.54) is 5.56 Å². The summed E-state index contributed by atoms with van der Waals surface area (Å²) < 4.78 is 0. The maximum Gasteiger partial charge on any atom is 0.252 e. The number of nitrogens with two attached hydrogens (primary N) is 1. The number of aliphatic imine (C=N–C) groups is 1. The van der Waals surface area contributed by atoms with Crippen molar-refractivity contribution >= 4 is 47.4 Å². The predicted molar refractivity (Wildman–Crippen MR) is 114 cm³/mol. The van der Waals surface area contributed by atoms with Crippen LogP contribution in [0.1, 0.15) is 15.9 Å². The van der Waals surface area contributed by atoms with Gasteiger partial charge in [-0.15, -0.1) is 24.0 Å². The van der Waals surface area contributed by atoms with Crippen LogP contribution in [-0.4, -0.2) is 31.5 Å². The standard InChI is InChI=1S/C18H21ClN4O.HI/c19-16-9-5-4-8-15(16)17(24)21-12-13-23-18(20)22-11-10-14-6-2-1-3-7-14;/h1-9H,10-13H2,(H,21,24)(H3,20,22,23);1H. The van der Waals surface area contributed by atoms with Gasteiger partial charge in [-0.3, -0.25) is 9.79 Å². The third kappa shape index (κ3) is 7.74. The van der Waals surface area contributed by atoms with Crippen LogP contribution in [0.15, 0.2) is 59.6 Å². The second kappa shape index (κ2) is 11.7. The van der Waals surface area contributed by atoms with E-state index >= 15 is 0 Å². The van der Waals surface area contributed by atoms with Gasteiger partial charge in [0.1, 0.15) is 0 Å². The molecule has 0 unspecified atom stereocenters. The fourth-order valence-corrected chi connectivity index (χ4v) is 2.33. The molecule has 2 aromatic rings. The van der Waals surface area contributed by atoms with Gasteiger partial charge in [0.05, 0.1) is 10.6 Å². The second-order valence-electron chi connectivity index (χ2n) is 5.17. The number of guanidine groups is 1. The molecule has 0 saturated carbocycles. The first kappa shape index (κ1) is 21.2. The topological polar surface area (TPSA) is 79.5 Å². The summed E-state index contributed by atoms with van der Waals surface area (Å²) in [5.74, 6) is 0.167. The van der Waals surface area contributed by atoms with Crippen LogP contribution >= 0.6 is 35.6 Å². The van der Waals surface area contributed by atoms with Crippen molar-refractivity contribution in [2.75, 3.05) is 19.6 Å². The second-order valence-corrected chi connectivity index (χ2v) is 5.57. The molecule has 0 heterocycles. The van der Waals surface area contributed by atoms with Crippen LogP contribution in [0.25, 0.3) is 0 Å². The summed E-state index contributed by atoms with van der Waals surface area (Å²) in [6.45, 7) is 1.55. The number of carbonyl (C=O) groups excluding carboxylic acids is 1. The third-order valence-electron chi connectivity index (χ3n) is 3.36. The zero-order chi connectivity index (χ0) is 17.2. The molecule has 0 atom stereocenters.